The van der Waals surface area contributed by atoms with Crippen LogP contribution >= 0.6 is 0 Å². The number of carbonyl (C=O) groups is 1. The molecule has 0 aliphatic carbocycles. The lowest BCUT2D eigenvalue weighted by Gasteiger charge is -2.14. The summed E-state index contributed by atoms with van der Waals surface area (Å²) < 4.78 is 33.5. The molecule has 0 saturated carbocycles. The van der Waals surface area contributed by atoms with E-state index in [1.807, 2.05) is 0 Å². The van der Waals surface area contributed by atoms with Crippen LogP contribution in [-0.2, 0) is 17.1 Å². The first-order valence-electron chi connectivity index (χ1n) is 7.28. The predicted octanol–water partition coefficient (Wildman–Crippen LogP) is 1.36. The van der Waals surface area contributed by atoms with E-state index in [0.717, 1.165) is 12.8 Å². The van der Waals surface area contributed by atoms with Crippen molar-refractivity contribution in [2.45, 2.75) is 24.7 Å². The first-order chi connectivity index (χ1) is 10.9. The number of furan rings is 1. The number of aromatic nitrogens is 2. The Bertz CT molecular complexity index is 831. The molecule has 3 rings (SSSR count). The monoisotopic (exact) mass is 338 g/mol. The second kappa shape index (κ2) is 5.82. The number of nitrogens with one attached hydrogen (secondary N) is 1. The maximum atomic E-state index is 12.6. The molecule has 0 aromatic carbocycles. The van der Waals surface area contributed by atoms with E-state index in [1.54, 1.807) is 24.9 Å². The van der Waals surface area contributed by atoms with Crippen molar-refractivity contribution in [1.82, 2.24) is 14.1 Å². The van der Waals surface area contributed by atoms with Crippen molar-refractivity contribution in [2.75, 3.05) is 18.4 Å². The summed E-state index contributed by atoms with van der Waals surface area (Å²) in [7, 11) is -1.88. The zero-order valence-corrected chi connectivity index (χ0v) is 13.8. The molecule has 8 nitrogen and oxygen atoms in total. The maximum Gasteiger partial charge on any atom is 0.291 e. The topological polar surface area (TPSA) is 97.4 Å². The number of carbonyl (C=O) groups excluding carboxylic acids is 1. The Morgan fingerprint density at radius 3 is 2.65 bits per heavy atom. The van der Waals surface area contributed by atoms with Crippen molar-refractivity contribution < 1.29 is 17.6 Å². The molecule has 1 N–H and O–H groups in total. The van der Waals surface area contributed by atoms with Crippen LogP contribution in [0.2, 0.25) is 0 Å². The van der Waals surface area contributed by atoms with Gasteiger partial charge in [-0.25, -0.2) is 8.42 Å². The second-order valence-electron chi connectivity index (χ2n) is 5.50. The number of rotatable bonds is 4. The zero-order chi connectivity index (χ0) is 16.6. The Balaban J connectivity index is 1.84. The molecule has 1 saturated heterocycles. The molecule has 1 aliphatic rings. The minimum Gasteiger partial charge on any atom is -0.455 e. The van der Waals surface area contributed by atoms with Gasteiger partial charge in [0, 0.05) is 32.4 Å². The van der Waals surface area contributed by atoms with Crippen LogP contribution in [0.4, 0.5) is 5.69 Å². The molecule has 2 aromatic rings. The summed E-state index contributed by atoms with van der Waals surface area (Å²) in [5, 5.41) is 6.56. The van der Waals surface area contributed by atoms with E-state index in [0.29, 0.717) is 18.8 Å². The van der Waals surface area contributed by atoms with Gasteiger partial charge in [0.05, 0.1) is 11.9 Å². The summed E-state index contributed by atoms with van der Waals surface area (Å²) in [6.07, 6.45) is 4.83. The smallest absolute Gasteiger partial charge is 0.291 e. The number of aryl methyl sites for hydroxylation is 2. The van der Waals surface area contributed by atoms with E-state index < -0.39 is 15.9 Å². The Labute approximate surface area is 134 Å². The average molecular weight is 338 g/mol. The van der Waals surface area contributed by atoms with Crippen molar-refractivity contribution in [3.8, 4) is 0 Å². The highest BCUT2D eigenvalue weighted by Crippen LogP contribution is 2.26. The third-order valence-corrected chi connectivity index (χ3v) is 5.75. The molecule has 1 aliphatic heterocycles. The normalized spacial score (nSPS) is 15.9. The highest BCUT2D eigenvalue weighted by molar-refractivity contribution is 7.89. The van der Waals surface area contributed by atoms with Crippen LogP contribution in [-0.4, -0.2) is 41.5 Å². The van der Waals surface area contributed by atoms with Gasteiger partial charge in [0.15, 0.2) is 5.76 Å². The van der Waals surface area contributed by atoms with E-state index in [9.17, 15) is 13.2 Å². The third-order valence-electron chi connectivity index (χ3n) is 3.74. The molecule has 0 unspecified atom stereocenters. The molecule has 9 heteroatoms. The Hall–Kier alpha value is -2.13. The number of sulfonamides is 1. The van der Waals surface area contributed by atoms with Crippen LogP contribution in [0.5, 0.6) is 0 Å². The molecule has 1 fully saturated rings. The van der Waals surface area contributed by atoms with Crippen LogP contribution in [0, 0.1) is 6.92 Å². The third kappa shape index (κ3) is 3.02. The minimum atomic E-state index is -3.61. The van der Waals surface area contributed by atoms with Crippen molar-refractivity contribution in [2.24, 2.45) is 7.05 Å². The van der Waals surface area contributed by atoms with Crippen LogP contribution in [0.3, 0.4) is 0 Å². The van der Waals surface area contributed by atoms with Gasteiger partial charge < -0.3 is 9.73 Å². The molecule has 2 aromatic heterocycles. The summed E-state index contributed by atoms with van der Waals surface area (Å²) >= 11 is 0. The first-order valence-corrected chi connectivity index (χ1v) is 8.72. The van der Waals surface area contributed by atoms with Gasteiger partial charge in [-0.3, -0.25) is 9.48 Å². The molecule has 0 bridgehead atoms. The number of hydrogen-bond acceptors (Lipinski definition) is 5. The number of amides is 1. The fourth-order valence-corrected chi connectivity index (χ4v) is 4.26. The van der Waals surface area contributed by atoms with Gasteiger partial charge in [0.25, 0.3) is 5.91 Å². The highest BCUT2D eigenvalue weighted by Gasteiger charge is 2.31. The lowest BCUT2D eigenvalue weighted by molar-refractivity contribution is 0.0995. The van der Waals surface area contributed by atoms with Gasteiger partial charge >= 0.3 is 0 Å². The van der Waals surface area contributed by atoms with Gasteiger partial charge in [-0.1, -0.05) is 0 Å². The van der Waals surface area contributed by atoms with Crippen LogP contribution in [0.1, 0.15) is 29.2 Å². The summed E-state index contributed by atoms with van der Waals surface area (Å²) in [6.45, 7) is 2.55. The molecular weight excluding hydrogens is 320 g/mol. The van der Waals surface area contributed by atoms with Crippen LogP contribution in [0.15, 0.2) is 27.8 Å². The quantitative estimate of drug-likeness (QED) is 0.908. The molecule has 23 heavy (non-hydrogen) atoms. The maximum absolute atomic E-state index is 12.6. The lowest BCUT2D eigenvalue weighted by Crippen LogP contribution is -2.28. The Morgan fingerprint density at radius 1 is 1.35 bits per heavy atom. The van der Waals surface area contributed by atoms with Crippen LogP contribution in [0.25, 0.3) is 0 Å². The molecule has 0 spiro atoms. The van der Waals surface area contributed by atoms with E-state index in [-0.39, 0.29) is 16.4 Å². The van der Waals surface area contributed by atoms with Gasteiger partial charge in [-0.2, -0.15) is 9.40 Å². The van der Waals surface area contributed by atoms with Crippen molar-refractivity contribution >= 4 is 21.6 Å². The molecule has 0 radical (unpaired) electrons. The molecule has 0 atom stereocenters. The molecule has 1 amide bonds. The molecule has 124 valence electrons. The summed E-state index contributed by atoms with van der Waals surface area (Å²) in [6, 6.07) is 1.29. The fourth-order valence-electron chi connectivity index (χ4n) is 2.58. The van der Waals surface area contributed by atoms with Gasteiger partial charge in [0.2, 0.25) is 10.0 Å². The number of nitrogens with zero attached hydrogens (tertiary/aromatic N) is 3. The van der Waals surface area contributed by atoms with Gasteiger partial charge in [0.1, 0.15) is 10.7 Å². The summed E-state index contributed by atoms with van der Waals surface area (Å²) in [5.74, 6) is -0.332. The lowest BCUT2D eigenvalue weighted by atomic mass is 10.4. The van der Waals surface area contributed by atoms with E-state index >= 15 is 0 Å². The SMILES string of the molecule is Cc1oc(C(=O)Nc2cnn(C)c2)cc1S(=O)(=O)N1CCCC1. The van der Waals surface area contributed by atoms with Crippen molar-refractivity contribution in [3.05, 3.63) is 30.0 Å². The van der Waals surface area contributed by atoms with Crippen molar-refractivity contribution in [3.63, 3.8) is 0 Å². The molecule has 3 heterocycles. The van der Waals surface area contributed by atoms with E-state index in [1.165, 1.54) is 16.6 Å². The van der Waals surface area contributed by atoms with Gasteiger partial charge in [-0.15, -0.1) is 0 Å². The number of hydrogen-bond donors (Lipinski definition) is 1. The number of anilines is 1. The van der Waals surface area contributed by atoms with Gasteiger partial charge in [-0.05, 0) is 19.8 Å². The van der Waals surface area contributed by atoms with Crippen molar-refractivity contribution in [1.29, 1.82) is 0 Å². The summed E-state index contributed by atoms with van der Waals surface area (Å²) in [5.41, 5.74) is 0.510. The summed E-state index contributed by atoms with van der Waals surface area (Å²) in [4.78, 5) is 12.2. The zero-order valence-electron chi connectivity index (χ0n) is 12.9. The van der Waals surface area contributed by atoms with E-state index in [2.05, 4.69) is 10.4 Å². The van der Waals surface area contributed by atoms with Crippen LogP contribution < -0.4 is 5.32 Å². The fraction of sp³-hybridized carbons (Fsp3) is 0.429. The Morgan fingerprint density at radius 2 is 2.04 bits per heavy atom. The molecular formula is C14H18N4O4S. The van der Waals surface area contributed by atoms with E-state index in [4.69, 9.17) is 4.42 Å². The average Bonchev–Trinajstić information content (AvgIpc) is 3.19. The minimum absolute atomic E-state index is 0.0378. The largest absolute Gasteiger partial charge is 0.455 e. The standard InChI is InChI=1S/C14H18N4O4S/c1-10-13(23(20,21)18-5-3-4-6-18)7-12(22-10)14(19)16-11-8-15-17(2)9-11/h7-9H,3-6H2,1-2H3,(H,16,19). The predicted molar refractivity (Wildman–Crippen MR) is 82.6 cm³/mol. The first kappa shape index (κ1) is 15.8. The highest BCUT2D eigenvalue weighted by atomic mass is 32.2. The second-order valence-corrected chi connectivity index (χ2v) is 7.41. The Kier molecular flexibility index (Phi) is 3.99.